The topological polar surface area (TPSA) is 58.6 Å². The van der Waals surface area contributed by atoms with Crippen molar-refractivity contribution < 1.29 is 14.3 Å². The molecule has 1 fully saturated rings. The monoisotopic (exact) mass is 376 g/mol. The van der Waals surface area contributed by atoms with Crippen LogP contribution < -0.4 is 10.1 Å². The second-order valence-corrected chi connectivity index (χ2v) is 7.21. The number of hydrogen-bond donors (Lipinski definition) is 1. The van der Waals surface area contributed by atoms with E-state index in [9.17, 15) is 9.59 Å². The Morgan fingerprint density at radius 3 is 2.82 bits per heavy atom. The van der Waals surface area contributed by atoms with Crippen molar-refractivity contribution in [3.63, 3.8) is 0 Å². The third-order valence-electron chi connectivity index (χ3n) is 5.23. The summed E-state index contributed by atoms with van der Waals surface area (Å²) in [6.07, 6.45) is 5.76. The molecule has 1 saturated heterocycles. The van der Waals surface area contributed by atoms with E-state index in [2.05, 4.69) is 11.4 Å². The highest BCUT2D eigenvalue weighted by Gasteiger charge is 2.24. The largest absolute Gasteiger partial charge is 0.493 e. The molecule has 2 aliphatic heterocycles. The van der Waals surface area contributed by atoms with Gasteiger partial charge in [0.05, 0.1) is 12.6 Å². The number of nitrogens with zero attached hydrogens (tertiary/aromatic N) is 1. The smallest absolute Gasteiger partial charge is 0.244 e. The van der Waals surface area contributed by atoms with Gasteiger partial charge in [-0.05, 0) is 41.3 Å². The highest BCUT2D eigenvalue weighted by molar-refractivity contribution is 5.92. The lowest BCUT2D eigenvalue weighted by Gasteiger charge is -2.24. The average Bonchev–Trinajstić information content (AvgIpc) is 3.35. The molecule has 2 aromatic rings. The molecule has 0 radical (unpaired) electrons. The Bertz CT molecular complexity index is 892. The van der Waals surface area contributed by atoms with E-state index in [1.54, 1.807) is 6.08 Å². The number of carbonyl (C=O) groups excluding carboxylic acids is 2. The van der Waals surface area contributed by atoms with Crippen LogP contribution in [-0.4, -0.2) is 36.4 Å². The van der Waals surface area contributed by atoms with Gasteiger partial charge in [0.1, 0.15) is 5.75 Å². The number of benzene rings is 2. The Morgan fingerprint density at radius 1 is 1.18 bits per heavy atom. The zero-order valence-electron chi connectivity index (χ0n) is 15.8. The number of fused-ring (bicyclic) bond motifs is 1. The molecule has 1 atom stereocenters. The first-order chi connectivity index (χ1) is 13.7. The molecule has 0 bridgehead atoms. The summed E-state index contributed by atoms with van der Waals surface area (Å²) in [4.78, 5) is 26.4. The van der Waals surface area contributed by atoms with Gasteiger partial charge >= 0.3 is 0 Å². The highest BCUT2D eigenvalue weighted by Crippen LogP contribution is 2.26. The molecule has 28 heavy (non-hydrogen) atoms. The molecule has 1 unspecified atom stereocenters. The summed E-state index contributed by atoms with van der Waals surface area (Å²) in [6.45, 7) is 1.97. The van der Waals surface area contributed by atoms with Gasteiger partial charge in [-0.2, -0.15) is 0 Å². The lowest BCUT2D eigenvalue weighted by molar-refractivity contribution is -0.128. The zero-order valence-corrected chi connectivity index (χ0v) is 15.8. The van der Waals surface area contributed by atoms with Crippen LogP contribution in [-0.2, 0) is 16.0 Å². The molecule has 2 heterocycles. The first-order valence-electron chi connectivity index (χ1n) is 9.76. The summed E-state index contributed by atoms with van der Waals surface area (Å²) in [6, 6.07) is 15.5. The molecule has 5 nitrogen and oxygen atoms in total. The molecular weight excluding hydrogens is 352 g/mol. The Labute approximate surface area is 165 Å². The Hall–Kier alpha value is -3.08. The lowest BCUT2D eigenvalue weighted by Crippen LogP contribution is -2.38. The number of rotatable bonds is 6. The number of nitrogens with one attached hydrogen (secondary N) is 1. The van der Waals surface area contributed by atoms with Crippen molar-refractivity contribution >= 4 is 17.9 Å². The Balaban J connectivity index is 1.45. The standard InChI is InChI=1S/C23H24N2O3/c26-22(11-9-17-8-10-21-19(15-17)12-14-28-21)24-20(18-5-2-1-3-6-18)16-25-13-4-7-23(25)27/h1-3,5-6,8-11,15,20H,4,7,12-14,16H2,(H,24,26)/b11-9+. The Kier molecular flexibility index (Phi) is 5.42. The van der Waals surface area contributed by atoms with E-state index in [1.807, 2.05) is 53.4 Å². The van der Waals surface area contributed by atoms with Crippen LogP contribution in [0.2, 0.25) is 0 Å². The summed E-state index contributed by atoms with van der Waals surface area (Å²) in [5, 5.41) is 3.06. The van der Waals surface area contributed by atoms with E-state index in [1.165, 1.54) is 5.56 Å². The fourth-order valence-electron chi connectivity index (χ4n) is 3.74. The molecule has 144 valence electrons. The molecule has 4 rings (SSSR count). The van der Waals surface area contributed by atoms with Crippen LogP contribution in [0.25, 0.3) is 6.08 Å². The molecule has 0 saturated carbocycles. The average molecular weight is 376 g/mol. The van der Waals surface area contributed by atoms with Gasteiger partial charge in [0.2, 0.25) is 11.8 Å². The zero-order chi connectivity index (χ0) is 19.3. The number of amides is 2. The number of carbonyl (C=O) groups is 2. The van der Waals surface area contributed by atoms with E-state index in [4.69, 9.17) is 4.74 Å². The number of hydrogen-bond acceptors (Lipinski definition) is 3. The minimum Gasteiger partial charge on any atom is -0.493 e. The minimum absolute atomic E-state index is 0.158. The van der Waals surface area contributed by atoms with Crippen molar-refractivity contribution in [3.05, 3.63) is 71.3 Å². The van der Waals surface area contributed by atoms with Crippen molar-refractivity contribution in [3.8, 4) is 5.75 Å². The van der Waals surface area contributed by atoms with Gasteiger partial charge in [-0.3, -0.25) is 9.59 Å². The first kappa shape index (κ1) is 18.3. The summed E-state index contributed by atoms with van der Waals surface area (Å²) in [7, 11) is 0. The van der Waals surface area contributed by atoms with E-state index >= 15 is 0 Å². The SMILES string of the molecule is O=C(/C=C/c1ccc2c(c1)CCO2)NC(CN1CCCC1=O)c1ccccc1. The second-order valence-electron chi connectivity index (χ2n) is 7.21. The molecule has 5 heteroatoms. The number of ether oxygens (including phenoxy) is 1. The maximum Gasteiger partial charge on any atom is 0.244 e. The fraction of sp³-hybridized carbons (Fsp3) is 0.304. The van der Waals surface area contributed by atoms with E-state index in [0.29, 0.717) is 13.0 Å². The van der Waals surface area contributed by atoms with E-state index < -0.39 is 0 Å². The predicted octanol–water partition coefficient (Wildman–Crippen LogP) is 3.11. The van der Waals surface area contributed by atoms with Gasteiger partial charge in [0.15, 0.2) is 0 Å². The second kappa shape index (κ2) is 8.30. The van der Waals surface area contributed by atoms with Crippen LogP contribution in [0, 0.1) is 0 Å². The van der Waals surface area contributed by atoms with Crippen molar-refractivity contribution in [2.75, 3.05) is 19.7 Å². The van der Waals surface area contributed by atoms with Gasteiger partial charge in [0.25, 0.3) is 0 Å². The molecule has 0 spiro atoms. The predicted molar refractivity (Wildman–Crippen MR) is 108 cm³/mol. The quantitative estimate of drug-likeness (QED) is 0.788. The van der Waals surface area contributed by atoms with Crippen LogP contribution in [0.3, 0.4) is 0 Å². The van der Waals surface area contributed by atoms with Crippen molar-refractivity contribution in [2.24, 2.45) is 0 Å². The molecular formula is C23H24N2O3. The van der Waals surface area contributed by atoms with Gasteiger partial charge in [-0.15, -0.1) is 0 Å². The first-order valence-corrected chi connectivity index (χ1v) is 9.76. The molecule has 2 aromatic carbocycles. The van der Waals surface area contributed by atoms with Crippen LogP contribution in [0.5, 0.6) is 5.75 Å². The fourth-order valence-corrected chi connectivity index (χ4v) is 3.74. The lowest BCUT2D eigenvalue weighted by atomic mass is 10.1. The minimum atomic E-state index is -0.228. The third-order valence-corrected chi connectivity index (χ3v) is 5.23. The highest BCUT2D eigenvalue weighted by atomic mass is 16.5. The van der Waals surface area contributed by atoms with Crippen molar-refractivity contribution in [2.45, 2.75) is 25.3 Å². The van der Waals surface area contributed by atoms with Gasteiger partial charge < -0.3 is 15.0 Å². The third kappa shape index (κ3) is 4.25. The Morgan fingerprint density at radius 2 is 2.04 bits per heavy atom. The summed E-state index contributed by atoms with van der Waals surface area (Å²) in [5.74, 6) is 0.921. The van der Waals surface area contributed by atoms with Gasteiger partial charge in [0, 0.05) is 32.0 Å². The maximum absolute atomic E-state index is 12.6. The van der Waals surface area contributed by atoms with E-state index in [-0.39, 0.29) is 17.9 Å². The van der Waals surface area contributed by atoms with Crippen LogP contribution in [0.1, 0.15) is 35.6 Å². The van der Waals surface area contributed by atoms with Crippen molar-refractivity contribution in [1.29, 1.82) is 0 Å². The normalized spacial score (nSPS) is 16.9. The van der Waals surface area contributed by atoms with E-state index in [0.717, 1.165) is 42.9 Å². The molecule has 2 amide bonds. The number of likely N-dealkylation sites (tertiary alicyclic amines) is 1. The summed E-state index contributed by atoms with van der Waals surface area (Å²) < 4.78 is 5.52. The molecule has 1 N–H and O–H groups in total. The van der Waals surface area contributed by atoms with Gasteiger partial charge in [-0.1, -0.05) is 36.4 Å². The molecule has 0 aliphatic carbocycles. The molecule has 0 aromatic heterocycles. The van der Waals surface area contributed by atoms with Crippen molar-refractivity contribution in [1.82, 2.24) is 10.2 Å². The van der Waals surface area contributed by atoms with Crippen LogP contribution >= 0.6 is 0 Å². The molecule has 2 aliphatic rings. The van der Waals surface area contributed by atoms with Crippen LogP contribution in [0.15, 0.2) is 54.6 Å². The maximum atomic E-state index is 12.6. The summed E-state index contributed by atoms with van der Waals surface area (Å²) >= 11 is 0. The summed E-state index contributed by atoms with van der Waals surface area (Å²) in [5.41, 5.74) is 3.15. The van der Waals surface area contributed by atoms with Gasteiger partial charge in [-0.25, -0.2) is 0 Å². The van der Waals surface area contributed by atoms with Crippen LogP contribution in [0.4, 0.5) is 0 Å².